The maximum absolute atomic E-state index is 14.1. The second-order valence-electron chi connectivity index (χ2n) is 13.2. The SMILES string of the molecule is Cc1ncsc1-c1ccc(CNC(=O)[C@@H]2CCCC2C(=O)[C@H](C(C)C)N2Cc3ccccc3C2=O)c(OCCOCCCCCCI)c1. The smallest absolute Gasteiger partial charge is 0.255 e. The monoisotopic (exact) mass is 785 g/mol. The van der Waals surface area contributed by atoms with Gasteiger partial charge in [0.15, 0.2) is 5.78 Å². The van der Waals surface area contributed by atoms with Crippen LogP contribution in [0.1, 0.15) is 86.0 Å². The lowest BCUT2D eigenvalue weighted by Gasteiger charge is -2.33. The van der Waals surface area contributed by atoms with Gasteiger partial charge in [0, 0.05) is 42.7 Å². The molecule has 10 heteroatoms. The third-order valence-corrected chi connectivity index (χ3v) is 11.3. The lowest BCUT2D eigenvalue weighted by molar-refractivity contribution is -0.136. The highest BCUT2D eigenvalue weighted by Crippen LogP contribution is 2.38. The molecule has 2 heterocycles. The largest absolute Gasteiger partial charge is 0.491 e. The van der Waals surface area contributed by atoms with E-state index in [4.69, 9.17) is 9.47 Å². The lowest BCUT2D eigenvalue weighted by Crippen LogP contribution is -2.49. The van der Waals surface area contributed by atoms with Gasteiger partial charge in [0.05, 0.1) is 28.7 Å². The molecule has 1 N–H and O–H groups in total. The number of fused-ring (bicyclic) bond motifs is 1. The van der Waals surface area contributed by atoms with Gasteiger partial charge in [-0.1, -0.05) is 86.0 Å². The molecule has 2 aliphatic rings. The Bertz CT molecular complexity index is 1560. The summed E-state index contributed by atoms with van der Waals surface area (Å²) >= 11 is 4.01. The van der Waals surface area contributed by atoms with Gasteiger partial charge >= 0.3 is 0 Å². The predicted molar refractivity (Wildman–Crippen MR) is 199 cm³/mol. The zero-order valence-electron chi connectivity index (χ0n) is 28.3. The van der Waals surface area contributed by atoms with Gasteiger partial charge in [-0.15, -0.1) is 11.3 Å². The fourth-order valence-electron chi connectivity index (χ4n) is 7.01. The molecule has 0 saturated heterocycles. The number of ether oxygens (including phenoxy) is 2. The Hall–Kier alpha value is -2.83. The summed E-state index contributed by atoms with van der Waals surface area (Å²) in [7, 11) is 0. The van der Waals surface area contributed by atoms with Gasteiger partial charge < -0.3 is 19.7 Å². The van der Waals surface area contributed by atoms with Crippen molar-refractivity contribution in [2.75, 3.05) is 24.2 Å². The summed E-state index contributed by atoms with van der Waals surface area (Å²) in [5.41, 5.74) is 6.32. The van der Waals surface area contributed by atoms with Crippen LogP contribution in [0.2, 0.25) is 0 Å². The molecule has 1 unspecified atom stereocenters. The molecule has 3 aromatic rings. The molecule has 2 aromatic carbocycles. The van der Waals surface area contributed by atoms with E-state index in [1.54, 1.807) is 16.2 Å². The van der Waals surface area contributed by atoms with E-state index in [1.807, 2.05) is 68.7 Å². The molecule has 0 bridgehead atoms. The number of carbonyl (C=O) groups is 3. The van der Waals surface area contributed by atoms with Crippen molar-refractivity contribution >= 4 is 51.5 Å². The van der Waals surface area contributed by atoms with Gasteiger partial charge in [0.2, 0.25) is 5.91 Å². The molecular weight excluding hydrogens is 737 g/mol. The van der Waals surface area contributed by atoms with Crippen molar-refractivity contribution in [2.24, 2.45) is 17.8 Å². The molecular formula is C38H48IN3O5S. The average Bonchev–Trinajstić information content (AvgIpc) is 3.82. The van der Waals surface area contributed by atoms with Crippen LogP contribution in [0.25, 0.3) is 10.4 Å². The molecule has 258 valence electrons. The minimum absolute atomic E-state index is 0.00196. The van der Waals surface area contributed by atoms with Crippen LogP contribution < -0.4 is 10.1 Å². The molecule has 48 heavy (non-hydrogen) atoms. The summed E-state index contributed by atoms with van der Waals surface area (Å²) in [5.74, 6) is -0.417. The number of alkyl halides is 1. The Kier molecular flexibility index (Phi) is 13.5. The summed E-state index contributed by atoms with van der Waals surface area (Å²) in [6, 6.07) is 13.1. The maximum Gasteiger partial charge on any atom is 0.255 e. The molecule has 0 radical (unpaired) electrons. The molecule has 1 aliphatic carbocycles. The number of carbonyl (C=O) groups excluding carboxylic acids is 3. The average molecular weight is 786 g/mol. The summed E-state index contributed by atoms with van der Waals surface area (Å²) in [6.45, 7) is 8.32. The molecule has 1 fully saturated rings. The number of amides is 2. The molecule has 1 saturated carbocycles. The topological polar surface area (TPSA) is 97.8 Å². The van der Waals surface area contributed by atoms with Crippen molar-refractivity contribution in [3.05, 3.63) is 70.4 Å². The van der Waals surface area contributed by atoms with E-state index in [0.29, 0.717) is 50.5 Å². The number of hydrogen-bond acceptors (Lipinski definition) is 7. The quantitative estimate of drug-likeness (QED) is 0.0804. The van der Waals surface area contributed by atoms with Crippen LogP contribution in [-0.4, -0.2) is 57.8 Å². The van der Waals surface area contributed by atoms with Crippen LogP contribution in [0.15, 0.2) is 48.0 Å². The minimum atomic E-state index is -0.565. The van der Waals surface area contributed by atoms with Crippen molar-refractivity contribution in [2.45, 2.75) is 84.8 Å². The number of ketones is 1. The third kappa shape index (κ3) is 8.84. The van der Waals surface area contributed by atoms with Gasteiger partial charge in [-0.05, 0) is 66.2 Å². The second kappa shape index (κ2) is 17.7. The minimum Gasteiger partial charge on any atom is -0.491 e. The molecule has 1 aromatic heterocycles. The number of unbranched alkanes of at least 4 members (excludes halogenated alkanes) is 3. The standard InChI is InChI=1S/C38H48IN3O5S/c1-25(2)34(42-23-29-11-6-7-12-30(29)38(42)45)35(43)31-13-10-14-32(31)37(44)40-22-28-16-15-27(36-26(3)41-24-48-36)21-33(28)47-20-19-46-18-9-5-4-8-17-39/h6-7,11-12,15-16,21,24-25,31-32,34H,4-5,8-10,13-14,17-20,22-23H2,1-3H3,(H,40,44)/t31?,32-,34+/m1/s1. The number of thiazole rings is 1. The van der Waals surface area contributed by atoms with E-state index in [9.17, 15) is 14.4 Å². The van der Waals surface area contributed by atoms with Crippen LogP contribution in [0.3, 0.4) is 0 Å². The number of hydrogen-bond donors (Lipinski definition) is 1. The Labute approximate surface area is 302 Å². The van der Waals surface area contributed by atoms with Crippen LogP contribution in [0.5, 0.6) is 5.75 Å². The molecule has 2 amide bonds. The Morgan fingerprint density at radius 1 is 1.04 bits per heavy atom. The van der Waals surface area contributed by atoms with Gasteiger partial charge in [0.25, 0.3) is 5.91 Å². The van der Waals surface area contributed by atoms with E-state index >= 15 is 0 Å². The molecule has 1 aliphatic heterocycles. The number of aryl methyl sites for hydroxylation is 1. The first-order valence-corrected chi connectivity index (χ1v) is 19.7. The highest BCUT2D eigenvalue weighted by molar-refractivity contribution is 14.1. The van der Waals surface area contributed by atoms with Gasteiger partial charge in [-0.2, -0.15) is 0 Å². The first-order valence-electron chi connectivity index (χ1n) is 17.3. The van der Waals surface area contributed by atoms with E-state index in [1.165, 1.54) is 23.7 Å². The highest BCUT2D eigenvalue weighted by atomic mass is 127. The Balaban J connectivity index is 1.22. The summed E-state index contributed by atoms with van der Waals surface area (Å²) in [6.07, 6.45) is 6.85. The van der Waals surface area contributed by atoms with E-state index in [2.05, 4.69) is 32.9 Å². The fraction of sp³-hybridized carbons (Fsp3) is 0.526. The van der Waals surface area contributed by atoms with Gasteiger partial charge in [-0.25, -0.2) is 4.98 Å². The third-order valence-electron chi connectivity index (χ3n) is 9.51. The molecule has 8 nitrogen and oxygen atoms in total. The number of benzene rings is 2. The summed E-state index contributed by atoms with van der Waals surface area (Å²) < 4.78 is 13.3. The molecule has 0 spiro atoms. The van der Waals surface area contributed by atoms with Crippen molar-refractivity contribution < 1.29 is 23.9 Å². The van der Waals surface area contributed by atoms with Gasteiger partial charge in [0.1, 0.15) is 12.4 Å². The summed E-state index contributed by atoms with van der Waals surface area (Å²) in [5, 5.41) is 3.13. The molecule has 3 atom stereocenters. The Morgan fingerprint density at radius 2 is 1.83 bits per heavy atom. The van der Waals surface area contributed by atoms with Crippen LogP contribution in [-0.2, 0) is 27.4 Å². The van der Waals surface area contributed by atoms with E-state index in [-0.39, 0.29) is 23.5 Å². The normalized spacial score (nSPS) is 17.9. The van der Waals surface area contributed by atoms with Crippen LogP contribution >= 0.6 is 33.9 Å². The zero-order valence-corrected chi connectivity index (χ0v) is 31.3. The first kappa shape index (κ1) is 36.5. The van der Waals surface area contributed by atoms with E-state index in [0.717, 1.165) is 46.7 Å². The van der Waals surface area contributed by atoms with Crippen molar-refractivity contribution in [1.29, 1.82) is 0 Å². The number of Topliss-reactive ketones (excluding diaryl/α,β-unsaturated/α-hetero) is 1. The van der Waals surface area contributed by atoms with Crippen molar-refractivity contribution in [1.82, 2.24) is 15.2 Å². The fourth-order valence-corrected chi connectivity index (χ4v) is 8.35. The van der Waals surface area contributed by atoms with Crippen molar-refractivity contribution in [3.63, 3.8) is 0 Å². The number of halogens is 1. The predicted octanol–water partition coefficient (Wildman–Crippen LogP) is 7.79. The number of aromatic nitrogens is 1. The van der Waals surface area contributed by atoms with E-state index < -0.39 is 17.9 Å². The van der Waals surface area contributed by atoms with Gasteiger partial charge in [-0.3, -0.25) is 14.4 Å². The number of rotatable bonds is 18. The number of nitrogens with zero attached hydrogens (tertiary/aromatic N) is 2. The second-order valence-corrected chi connectivity index (χ2v) is 15.1. The highest BCUT2D eigenvalue weighted by Gasteiger charge is 2.45. The Morgan fingerprint density at radius 3 is 2.58 bits per heavy atom. The van der Waals surface area contributed by atoms with Crippen molar-refractivity contribution in [3.8, 4) is 16.2 Å². The lowest BCUT2D eigenvalue weighted by atomic mass is 9.83. The first-order chi connectivity index (χ1) is 23.3. The number of nitrogens with one attached hydrogen (secondary N) is 1. The van der Waals surface area contributed by atoms with Crippen LogP contribution in [0.4, 0.5) is 0 Å². The maximum atomic E-state index is 14.1. The molecule has 5 rings (SSSR count). The zero-order chi connectivity index (χ0) is 34.0. The van der Waals surface area contributed by atoms with Crippen LogP contribution in [0, 0.1) is 24.7 Å². The summed E-state index contributed by atoms with van der Waals surface area (Å²) in [4.78, 5) is 48.4.